The second kappa shape index (κ2) is 5.24. The van der Waals surface area contributed by atoms with Crippen molar-refractivity contribution in [3.63, 3.8) is 0 Å². The molecule has 2 heterocycles. The molecule has 3 rings (SSSR count). The maximum Gasteiger partial charge on any atom is 0.230 e. The largest absolute Gasteiger partial charge is 0.486 e. The fourth-order valence-corrected chi connectivity index (χ4v) is 2.00. The van der Waals surface area contributed by atoms with Crippen molar-refractivity contribution in [3.8, 4) is 11.5 Å². The molecule has 1 aliphatic heterocycles. The lowest BCUT2D eigenvalue weighted by atomic mass is 10.1. The fraction of sp³-hybridized carbons (Fsp3) is 0.286. The molecule has 6 heteroatoms. The van der Waals surface area contributed by atoms with Crippen molar-refractivity contribution in [1.82, 2.24) is 5.16 Å². The number of anilines is 1. The molecular formula is C14H14N2O4. The van der Waals surface area contributed by atoms with Gasteiger partial charge >= 0.3 is 0 Å². The molecular weight excluding hydrogens is 260 g/mol. The summed E-state index contributed by atoms with van der Waals surface area (Å²) in [6.45, 7) is 2.85. The van der Waals surface area contributed by atoms with E-state index in [1.165, 1.54) is 0 Å². The lowest BCUT2D eigenvalue weighted by Crippen LogP contribution is -2.17. The van der Waals surface area contributed by atoms with E-state index in [4.69, 9.17) is 14.0 Å². The van der Waals surface area contributed by atoms with E-state index in [0.29, 0.717) is 36.3 Å². The third-order valence-electron chi connectivity index (χ3n) is 2.87. The molecule has 1 amide bonds. The zero-order valence-corrected chi connectivity index (χ0v) is 11.0. The summed E-state index contributed by atoms with van der Waals surface area (Å²) in [7, 11) is 0. The number of benzene rings is 1. The van der Waals surface area contributed by atoms with E-state index in [2.05, 4.69) is 10.5 Å². The summed E-state index contributed by atoms with van der Waals surface area (Å²) in [5.74, 6) is 2.31. The molecule has 1 aromatic heterocycles. The number of fused-ring (bicyclic) bond motifs is 1. The fourth-order valence-electron chi connectivity index (χ4n) is 2.00. The number of aromatic nitrogens is 1. The van der Waals surface area contributed by atoms with Crippen LogP contribution in [-0.4, -0.2) is 24.3 Å². The second-order valence-corrected chi connectivity index (χ2v) is 4.53. The lowest BCUT2D eigenvalue weighted by Gasteiger charge is -2.18. The summed E-state index contributed by atoms with van der Waals surface area (Å²) >= 11 is 0. The minimum absolute atomic E-state index is 0.157. The number of hydrogen-bond donors (Lipinski definition) is 1. The molecule has 0 saturated heterocycles. The van der Waals surface area contributed by atoms with Gasteiger partial charge in [0.2, 0.25) is 5.91 Å². The lowest BCUT2D eigenvalue weighted by molar-refractivity contribution is -0.115. The molecule has 0 aliphatic carbocycles. The Hall–Kier alpha value is -2.50. The molecule has 0 saturated carbocycles. The van der Waals surface area contributed by atoms with Crippen LogP contribution in [0.1, 0.15) is 11.3 Å². The Morgan fingerprint density at radius 3 is 2.80 bits per heavy atom. The van der Waals surface area contributed by atoms with Gasteiger partial charge in [0.05, 0.1) is 6.42 Å². The molecule has 0 spiro atoms. The maximum atomic E-state index is 11.9. The third kappa shape index (κ3) is 2.74. The Bertz CT molecular complexity index is 636. The topological polar surface area (TPSA) is 73.6 Å². The molecule has 0 atom stereocenters. The van der Waals surface area contributed by atoms with Gasteiger partial charge in [-0.25, -0.2) is 0 Å². The van der Waals surface area contributed by atoms with Crippen LogP contribution in [0, 0.1) is 6.92 Å². The minimum Gasteiger partial charge on any atom is -0.486 e. The number of amides is 1. The average molecular weight is 274 g/mol. The quantitative estimate of drug-likeness (QED) is 0.925. The molecule has 20 heavy (non-hydrogen) atoms. The number of carbonyl (C=O) groups excluding carboxylic acids is 1. The Morgan fingerprint density at radius 2 is 2.05 bits per heavy atom. The van der Waals surface area contributed by atoms with Crippen LogP contribution in [0.5, 0.6) is 11.5 Å². The number of rotatable bonds is 3. The first-order valence-corrected chi connectivity index (χ1v) is 6.32. The molecule has 0 fully saturated rings. The van der Waals surface area contributed by atoms with Gasteiger partial charge < -0.3 is 19.3 Å². The smallest absolute Gasteiger partial charge is 0.230 e. The molecule has 0 bridgehead atoms. The van der Waals surface area contributed by atoms with Gasteiger partial charge in [0, 0.05) is 6.07 Å². The number of hydrogen-bond acceptors (Lipinski definition) is 5. The van der Waals surface area contributed by atoms with Gasteiger partial charge in [0.15, 0.2) is 17.3 Å². The number of nitrogens with one attached hydrogen (secondary N) is 1. The van der Waals surface area contributed by atoms with Crippen LogP contribution >= 0.6 is 0 Å². The Labute approximate surface area is 115 Å². The van der Waals surface area contributed by atoms with Gasteiger partial charge in [-0.15, -0.1) is 0 Å². The van der Waals surface area contributed by atoms with Gasteiger partial charge in [-0.05, 0) is 24.6 Å². The number of aryl methyl sites for hydroxylation is 1. The highest BCUT2D eigenvalue weighted by atomic mass is 16.6. The third-order valence-corrected chi connectivity index (χ3v) is 2.87. The van der Waals surface area contributed by atoms with E-state index in [0.717, 1.165) is 5.56 Å². The van der Waals surface area contributed by atoms with Crippen molar-refractivity contribution in [2.24, 2.45) is 0 Å². The molecule has 1 aliphatic rings. The summed E-state index contributed by atoms with van der Waals surface area (Å²) in [5, 5.41) is 6.39. The Kier molecular flexibility index (Phi) is 3.28. The van der Waals surface area contributed by atoms with Crippen molar-refractivity contribution in [3.05, 3.63) is 35.6 Å². The van der Waals surface area contributed by atoms with Gasteiger partial charge in [-0.2, -0.15) is 0 Å². The van der Waals surface area contributed by atoms with Crippen molar-refractivity contribution in [1.29, 1.82) is 0 Å². The monoisotopic (exact) mass is 274 g/mol. The van der Waals surface area contributed by atoms with E-state index < -0.39 is 0 Å². The van der Waals surface area contributed by atoms with Crippen LogP contribution in [0.2, 0.25) is 0 Å². The van der Waals surface area contributed by atoms with Crippen molar-refractivity contribution in [2.75, 3.05) is 18.5 Å². The Morgan fingerprint density at radius 1 is 1.25 bits per heavy atom. The van der Waals surface area contributed by atoms with Crippen LogP contribution in [0.3, 0.4) is 0 Å². The van der Waals surface area contributed by atoms with Crippen LogP contribution in [-0.2, 0) is 11.2 Å². The summed E-state index contributed by atoms with van der Waals surface area (Å²) in [6, 6.07) is 7.16. The summed E-state index contributed by atoms with van der Waals surface area (Å²) < 4.78 is 15.8. The van der Waals surface area contributed by atoms with Crippen molar-refractivity contribution < 1.29 is 18.8 Å². The van der Waals surface area contributed by atoms with E-state index in [9.17, 15) is 4.79 Å². The van der Waals surface area contributed by atoms with E-state index in [1.807, 2.05) is 18.2 Å². The first-order valence-electron chi connectivity index (χ1n) is 6.32. The summed E-state index contributed by atoms with van der Waals surface area (Å²) in [5.41, 5.74) is 0.854. The number of nitrogens with zero attached hydrogens (tertiary/aromatic N) is 1. The molecule has 104 valence electrons. The zero-order valence-electron chi connectivity index (χ0n) is 11.0. The highest BCUT2D eigenvalue weighted by Gasteiger charge is 2.13. The maximum absolute atomic E-state index is 11.9. The van der Waals surface area contributed by atoms with Gasteiger partial charge in [-0.1, -0.05) is 11.2 Å². The van der Waals surface area contributed by atoms with Crippen molar-refractivity contribution >= 4 is 11.7 Å². The van der Waals surface area contributed by atoms with E-state index in [-0.39, 0.29) is 12.3 Å². The first kappa shape index (κ1) is 12.5. The first-order chi connectivity index (χ1) is 9.70. The second-order valence-electron chi connectivity index (χ2n) is 4.53. The van der Waals surface area contributed by atoms with Gasteiger partial charge in [0.25, 0.3) is 0 Å². The minimum atomic E-state index is -0.157. The van der Waals surface area contributed by atoms with E-state index >= 15 is 0 Å². The molecule has 2 aromatic rings. The van der Waals surface area contributed by atoms with Gasteiger partial charge in [-0.3, -0.25) is 4.79 Å². The Balaban J connectivity index is 1.66. The summed E-state index contributed by atoms with van der Waals surface area (Å²) in [6.07, 6.45) is 0.239. The molecule has 6 nitrogen and oxygen atoms in total. The number of ether oxygens (including phenoxy) is 2. The molecule has 1 aromatic carbocycles. The van der Waals surface area contributed by atoms with E-state index in [1.54, 1.807) is 13.0 Å². The average Bonchev–Trinajstić information content (AvgIpc) is 2.83. The normalized spacial score (nSPS) is 13.1. The van der Waals surface area contributed by atoms with Crippen LogP contribution < -0.4 is 14.8 Å². The van der Waals surface area contributed by atoms with Crippen LogP contribution in [0.15, 0.2) is 28.8 Å². The predicted octanol–water partition coefficient (Wildman–Crippen LogP) is 1.94. The highest BCUT2D eigenvalue weighted by molar-refractivity contribution is 5.91. The van der Waals surface area contributed by atoms with Crippen LogP contribution in [0.25, 0.3) is 0 Å². The molecule has 0 radical (unpaired) electrons. The van der Waals surface area contributed by atoms with Gasteiger partial charge in [0.1, 0.15) is 19.0 Å². The van der Waals surface area contributed by atoms with Crippen molar-refractivity contribution in [2.45, 2.75) is 13.3 Å². The number of carbonyl (C=O) groups is 1. The standard InChI is InChI=1S/C14H14N2O4/c1-9-6-13(16-20-9)15-14(17)8-10-2-3-11-12(7-10)19-5-4-18-11/h2-3,6-7H,4-5,8H2,1H3,(H,15,16,17). The highest BCUT2D eigenvalue weighted by Crippen LogP contribution is 2.30. The molecule has 0 unspecified atom stereocenters. The summed E-state index contributed by atoms with van der Waals surface area (Å²) in [4.78, 5) is 11.9. The SMILES string of the molecule is Cc1cc(NC(=O)Cc2ccc3c(c2)OCCO3)no1. The predicted molar refractivity (Wildman–Crippen MR) is 71.0 cm³/mol. The van der Waals surface area contributed by atoms with Crippen LogP contribution in [0.4, 0.5) is 5.82 Å². The molecule has 1 N–H and O–H groups in total. The zero-order chi connectivity index (χ0) is 13.9.